The van der Waals surface area contributed by atoms with Crippen molar-refractivity contribution in [1.82, 2.24) is 0 Å². The molecule has 1 unspecified atom stereocenters. The SMILES string of the molecule is C[C@@H]1O[C@@H](O[C@H]2[C@H](O)[C@@H](CO)OC(O)[C@@H]2O)[C@H](O)[C@H](O)[C@H]1O. The summed E-state index contributed by atoms with van der Waals surface area (Å²) in [6.07, 6.45) is -14.3. The van der Waals surface area contributed by atoms with Crippen LogP contribution < -0.4 is 0 Å². The van der Waals surface area contributed by atoms with E-state index in [9.17, 15) is 30.6 Å². The molecule has 2 fully saturated rings. The molecule has 0 aliphatic carbocycles. The molecule has 0 spiro atoms. The van der Waals surface area contributed by atoms with Crippen molar-refractivity contribution < 1.29 is 50.0 Å². The second-order valence-electron chi connectivity index (χ2n) is 5.51. The highest BCUT2D eigenvalue weighted by molar-refractivity contribution is 4.93. The van der Waals surface area contributed by atoms with Gasteiger partial charge in [0.25, 0.3) is 0 Å². The lowest BCUT2D eigenvalue weighted by atomic mass is 9.97. The molecule has 130 valence electrons. The van der Waals surface area contributed by atoms with Crippen molar-refractivity contribution >= 4 is 0 Å². The van der Waals surface area contributed by atoms with Gasteiger partial charge in [-0.15, -0.1) is 0 Å². The van der Waals surface area contributed by atoms with Crippen LogP contribution in [0.15, 0.2) is 0 Å². The van der Waals surface area contributed by atoms with Gasteiger partial charge in [0.2, 0.25) is 0 Å². The maximum absolute atomic E-state index is 9.99. The molecule has 10 nitrogen and oxygen atoms in total. The van der Waals surface area contributed by atoms with Gasteiger partial charge in [-0.1, -0.05) is 0 Å². The number of aliphatic hydroxyl groups is 7. The lowest BCUT2D eigenvalue weighted by Crippen LogP contribution is -2.63. The molecule has 0 radical (unpaired) electrons. The summed E-state index contributed by atoms with van der Waals surface area (Å²) in [6, 6.07) is 0. The zero-order valence-electron chi connectivity index (χ0n) is 11.8. The van der Waals surface area contributed by atoms with E-state index in [1.54, 1.807) is 0 Å². The van der Waals surface area contributed by atoms with E-state index in [1.165, 1.54) is 6.92 Å². The number of hydrogen-bond acceptors (Lipinski definition) is 10. The van der Waals surface area contributed by atoms with E-state index in [4.69, 9.17) is 19.3 Å². The predicted octanol–water partition coefficient (Wildman–Crippen LogP) is -4.37. The monoisotopic (exact) mass is 326 g/mol. The topological polar surface area (TPSA) is 169 Å². The third kappa shape index (κ3) is 3.26. The van der Waals surface area contributed by atoms with Crippen LogP contribution in [0.25, 0.3) is 0 Å². The highest BCUT2D eigenvalue weighted by Gasteiger charge is 2.49. The first-order valence-electron chi connectivity index (χ1n) is 6.93. The Bertz CT molecular complexity index is 368. The molecule has 0 aromatic carbocycles. The number of ether oxygens (including phenoxy) is 3. The highest BCUT2D eigenvalue weighted by atomic mass is 16.7. The van der Waals surface area contributed by atoms with Gasteiger partial charge >= 0.3 is 0 Å². The number of aliphatic hydroxyl groups excluding tert-OH is 7. The van der Waals surface area contributed by atoms with Crippen LogP contribution in [0, 0.1) is 0 Å². The van der Waals surface area contributed by atoms with Gasteiger partial charge in [0.1, 0.15) is 42.7 Å². The van der Waals surface area contributed by atoms with Crippen molar-refractivity contribution in [3.05, 3.63) is 0 Å². The summed E-state index contributed by atoms with van der Waals surface area (Å²) in [5, 5.41) is 67.6. The molecule has 10 heteroatoms. The van der Waals surface area contributed by atoms with Crippen LogP contribution in [0.5, 0.6) is 0 Å². The van der Waals surface area contributed by atoms with Crippen molar-refractivity contribution in [2.75, 3.05) is 6.61 Å². The fraction of sp³-hybridized carbons (Fsp3) is 1.00. The predicted molar refractivity (Wildman–Crippen MR) is 67.2 cm³/mol. The maximum atomic E-state index is 9.99. The zero-order valence-corrected chi connectivity index (χ0v) is 11.8. The fourth-order valence-electron chi connectivity index (χ4n) is 2.51. The summed E-state index contributed by atoms with van der Waals surface area (Å²) >= 11 is 0. The highest BCUT2D eigenvalue weighted by Crippen LogP contribution is 2.28. The summed E-state index contributed by atoms with van der Waals surface area (Å²) in [4.78, 5) is 0. The Labute approximate surface area is 126 Å². The van der Waals surface area contributed by atoms with Crippen molar-refractivity contribution in [1.29, 1.82) is 0 Å². The van der Waals surface area contributed by atoms with E-state index in [2.05, 4.69) is 0 Å². The molecule has 2 aliphatic rings. The van der Waals surface area contributed by atoms with Gasteiger partial charge in [-0.25, -0.2) is 0 Å². The van der Waals surface area contributed by atoms with Gasteiger partial charge in [-0.3, -0.25) is 0 Å². The summed E-state index contributed by atoms with van der Waals surface area (Å²) in [5.74, 6) is 0. The Morgan fingerprint density at radius 2 is 1.45 bits per heavy atom. The third-order valence-corrected chi connectivity index (χ3v) is 3.94. The molecule has 2 heterocycles. The molecular weight excluding hydrogens is 304 g/mol. The van der Waals surface area contributed by atoms with E-state index in [-0.39, 0.29) is 0 Å². The standard InChI is InChI=1S/C12H22O10/c1-3-5(14)7(16)8(17)12(20-3)22-10-6(15)4(2-13)21-11(19)9(10)18/h3-19H,2H2,1H3/t3-,4+,5-,6+,7+,8+,9+,10-,11?,12-/m0/s1. The molecule has 22 heavy (non-hydrogen) atoms. The molecule has 2 rings (SSSR count). The Morgan fingerprint density at radius 1 is 0.818 bits per heavy atom. The number of hydrogen-bond donors (Lipinski definition) is 7. The van der Waals surface area contributed by atoms with Crippen molar-refractivity contribution in [3.8, 4) is 0 Å². The maximum Gasteiger partial charge on any atom is 0.187 e. The van der Waals surface area contributed by atoms with E-state index in [0.29, 0.717) is 0 Å². The van der Waals surface area contributed by atoms with Crippen LogP contribution in [0.2, 0.25) is 0 Å². The summed E-state index contributed by atoms with van der Waals surface area (Å²) in [5.41, 5.74) is 0. The van der Waals surface area contributed by atoms with Crippen LogP contribution >= 0.6 is 0 Å². The first-order chi connectivity index (χ1) is 10.3. The molecule has 10 atom stereocenters. The van der Waals surface area contributed by atoms with Crippen molar-refractivity contribution in [2.24, 2.45) is 0 Å². The van der Waals surface area contributed by atoms with Crippen LogP contribution in [0.4, 0.5) is 0 Å². The number of rotatable bonds is 3. The first kappa shape index (κ1) is 17.9. The smallest absolute Gasteiger partial charge is 0.187 e. The van der Waals surface area contributed by atoms with E-state index < -0.39 is 68.0 Å². The average Bonchev–Trinajstić information content (AvgIpc) is 2.50. The quantitative estimate of drug-likeness (QED) is 0.269. The molecule has 0 bridgehead atoms. The van der Waals surface area contributed by atoms with E-state index in [0.717, 1.165) is 0 Å². The van der Waals surface area contributed by atoms with Gasteiger partial charge in [0.05, 0.1) is 12.7 Å². The lowest BCUT2D eigenvalue weighted by Gasteiger charge is -2.44. The van der Waals surface area contributed by atoms with Crippen LogP contribution in [0.1, 0.15) is 6.92 Å². The molecule has 7 N–H and O–H groups in total. The van der Waals surface area contributed by atoms with Crippen LogP contribution in [-0.2, 0) is 14.2 Å². The minimum absolute atomic E-state index is 0.628. The van der Waals surface area contributed by atoms with Crippen molar-refractivity contribution in [3.63, 3.8) is 0 Å². The molecular formula is C12H22O10. The largest absolute Gasteiger partial charge is 0.394 e. The Kier molecular flexibility index (Phi) is 5.72. The average molecular weight is 326 g/mol. The molecule has 0 amide bonds. The van der Waals surface area contributed by atoms with Gasteiger partial charge in [-0.05, 0) is 6.92 Å². The summed E-state index contributed by atoms with van der Waals surface area (Å²) < 4.78 is 15.3. The molecule has 0 aromatic heterocycles. The minimum atomic E-state index is -1.71. The zero-order chi connectivity index (χ0) is 16.6. The van der Waals surface area contributed by atoms with Crippen LogP contribution in [-0.4, -0.2) is 104 Å². The van der Waals surface area contributed by atoms with Gasteiger partial charge in [0.15, 0.2) is 12.6 Å². The molecule has 2 saturated heterocycles. The van der Waals surface area contributed by atoms with E-state index >= 15 is 0 Å². The Balaban J connectivity index is 2.10. The second kappa shape index (κ2) is 7.01. The normalized spacial score (nSPS) is 53.5. The Morgan fingerprint density at radius 3 is 2.05 bits per heavy atom. The second-order valence-corrected chi connectivity index (χ2v) is 5.51. The van der Waals surface area contributed by atoms with Gasteiger partial charge in [0, 0.05) is 0 Å². The minimum Gasteiger partial charge on any atom is -0.394 e. The summed E-state index contributed by atoms with van der Waals surface area (Å²) in [7, 11) is 0. The molecule has 0 aromatic rings. The molecule has 0 saturated carbocycles. The molecule has 2 aliphatic heterocycles. The van der Waals surface area contributed by atoms with Crippen molar-refractivity contribution in [2.45, 2.75) is 68.3 Å². The van der Waals surface area contributed by atoms with Gasteiger partial charge in [-0.2, -0.15) is 0 Å². The van der Waals surface area contributed by atoms with Crippen LogP contribution in [0.3, 0.4) is 0 Å². The van der Waals surface area contributed by atoms with E-state index in [1.807, 2.05) is 0 Å². The lowest BCUT2D eigenvalue weighted by molar-refractivity contribution is -0.352. The van der Waals surface area contributed by atoms with Gasteiger partial charge < -0.3 is 50.0 Å². The summed E-state index contributed by atoms with van der Waals surface area (Å²) in [6.45, 7) is 0.814. The third-order valence-electron chi connectivity index (χ3n) is 3.94. The first-order valence-corrected chi connectivity index (χ1v) is 6.93. The Hall–Kier alpha value is -0.400. The fourth-order valence-corrected chi connectivity index (χ4v) is 2.51.